The molecule has 1 atom stereocenters. The van der Waals surface area contributed by atoms with E-state index in [2.05, 4.69) is 5.32 Å². The number of halogens is 2. The zero-order chi connectivity index (χ0) is 31.9. The number of fused-ring (bicyclic) bond motifs is 1. The quantitative estimate of drug-likeness (QED) is 0.298. The largest absolute Gasteiger partial charge is 0.465 e. The maximum absolute atomic E-state index is 16.1. The number of esters is 2. The number of ether oxygens (including phenoxy) is 3. The molecule has 1 saturated carbocycles. The molecule has 2 aliphatic rings. The van der Waals surface area contributed by atoms with E-state index in [1.165, 1.54) is 17.7 Å². The molecule has 1 aliphatic heterocycles. The van der Waals surface area contributed by atoms with E-state index in [1.54, 1.807) is 47.6 Å². The molecular weight excluding hydrogens is 579 g/mol. The van der Waals surface area contributed by atoms with Crippen molar-refractivity contribution in [2.75, 3.05) is 7.11 Å². The van der Waals surface area contributed by atoms with Crippen molar-refractivity contribution in [3.05, 3.63) is 56.2 Å². The van der Waals surface area contributed by atoms with Gasteiger partial charge in [-0.1, -0.05) is 30.5 Å². The molecule has 11 heteroatoms. The Labute approximate surface area is 256 Å². The summed E-state index contributed by atoms with van der Waals surface area (Å²) < 4.78 is 33.5. The van der Waals surface area contributed by atoms with E-state index in [4.69, 9.17) is 25.8 Å². The van der Waals surface area contributed by atoms with Gasteiger partial charge in [-0.3, -0.25) is 9.36 Å². The normalized spacial score (nSPS) is 17.7. The number of carbonyl (C=O) groups excluding carboxylic acids is 3. The van der Waals surface area contributed by atoms with Gasteiger partial charge in [0.25, 0.3) is 5.56 Å². The van der Waals surface area contributed by atoms with Crippen LogP contribution in [0.25, 0.3) is 11.1 Å². The molecule has 43 heavy (non-hydrogen) atoms. The summed E-state index contributed by atoms with van der Waals surface area (Å²) in [6, 6.07) is 3.27. The third kappa shape index (κ3) is 7.06. The van der Waals surface area contributed by atoms with Crippen LogP contribution < -0.4 is 10.9 Å². The summed E-state index contributed by atoms with van der Waals surface area (Å²) in [5.74, 6) is -2.18. The number of aromatic nitrogens is 1. The minimum Gasteiger partial charge on any atom is -0.465 e. The second-order valence-corrected chi connectivity index (χ2v) is 13.8. The highest BCUT2D eigenvalue weighted by atomic mass is 35.5. The number of amides is 1. The minimum absolute atomic E-state index is 0.0175. The van der Waals surface area contributed by atoms with E-state index >= 15 is 4.39 Å². The molecule has 1 unspecified atom stereocenters. The molecule has 1 aromatic heterocycles. The maximum Gasteiger partial charge on any atom is 0.408 e. The van der Waals surface area contributed by atoms with Crippen LogP contribution in [-0.2, 0) is 31.8 Å². The van der Waals surface area contributed by atoms with Crippen LogP contribution in [0.15, 0.2) is 23.0 Å². The fourth-order valence-electron chi connectivity index (χ4n) is 6.10. The standard InChI is InChI=1S/C32H40ClFN2O7/c1-30(2,3)42-27(38)22-13-12-21-25(28(39)41-7)19(16-23(37)36(21)22)24-18(10-11-20(33)26(24)34)17-32(14-8-9-15-32)35-29(40)43-31(4,5)6/h10-11,16,22H,8-9,12-15,17H2,1-7H3,(H,35,40). The highest BCUT2D eigenvalue weighted by molar-refractivity contribution is 6.31. The van der Waals surface area contributed by atoms with Gasteiger partial charge in [0.2, 0.25) is 0 Å². The number of pyridine rings is 1. The van der Waals surface area contributed by atoms with Gasteiger partial charge >= 0.3 is 18.0 Å². The molecule has 0 bridgehead atoms. The number of nitrogens with zero attached hydrogens (tertiary/aromatic N) is 1. The Morgan fingerprint density at radius 1 is 1.07 bits per heavy atom. The lowest BCUT2D eigenvalue weighted by Crippen LogP contribution is -2.49. The van der Waals surface area contributed by atoms with Gasteiger partial charge in [0.1, 0.15) is 23.1 Å². The molecular formula is C32H40ClFN2O7. The summed E-state index contributed by atoms with van der Waals surface area (Å²) in [7, 11) is 1.20. The SMILES string of the molecule is COC(=O)c1c(-c2c(CC3(NC(=O)OC(C)(C)C)CCCC3)ccc(Cl)c2F)cc(=O)n2c1CCC2C(=O)OC(C)(C)C. The van der Waals surface area contributed by atoms with Crippen molar-refractivity contribution < 1.29 is 33.0 Å². The first-order chi connectivity index (χ1) is 19.9. The first-order valence-electron chi connectivity index (χ1n) is 14.5. The molecule has 0 spiro atoms. The Balaban J connectivity index is 1.87. The van der Waals surface area contributed by atoms with E-state index in [-0.39, 0.29) is 46.7 Å². The lowest BCUT2D eigenvalue weighted by atomic mass is 9.84. The fraction of sp³-hybridized carbons (Fsp3) is 0.562. The predicted octanol–water partition coefficient (Wildman–Crippen LogP) is 6.30. The Morgan fingerprint density at radius 2 is 1.70 bits per heavy atom. The van der Waals surface area contributed by atoms with Gasteiger partial charge in [-0.2, -0.15) is 0 Å². The van der Waals surface area contributed by atoms with Crippen LogP contribution in [0.3, 0.4) is 0 Å². The first-order valence-corrected chi connectivity index (χ1v) is 14.9. The molecule has 9 nitrogen and oxygen atoms in total. The molecule has 4 rings (SSSR count). The van der Waals surface area contributed by atoms with E-state index in [9.17, 15) is 19.2 Å². The third-order valence-electron chi connectivity index (χ3n) is 7.69. The van der Waals surface area contributed by atoms with Crippen molar-refractivity contribution in [2.24, 2.45) is 0 Å². The van der Waals surface area contributed by atoms with Crippen LogP contribution in [0.1, 0.15) is 101 Å². The van der Waals surface area contributed by atoms with E-state index < -0.39 is 52.2 Å². The topological polar surface area (TPSA) is 113 Å². The van der Waals surface area contributed by atoms with Gasteiger partial charge in [0.15, 0.2) is 0 Å². The summed E-state index contributed by atoms with van der Waals surface area (Å²) in [4.78, 5) is 52.8. The molecule has 1 fully saturated rings. The molecule has 234 valence electrons. The zero-order valence-electron chi connectivity index (χ0n) is 25.8. The smallest absolute Gasteiger partial charge is 0.408 e. The second kappa shape index (κ2) is 11.9. The van der Waals surface area contributed by atoms with Crippen molar-refractivity contribution in [3.63, 3.8) is 0 Å². The van der Waals surface area contributed by atoms with Gasteiger partial charge in [0.05, 0.1) is 17.7 Å². The molecule has 1 aromatic carbocycles. The monoisotopic (exact) mass is 618 g/mol. The molecule has 2 heterocycles. The second-order valence-electron chi connectivity index (χ2n) is 13.4. The number of methoxy groups -OCH3 is 1. The minimum atomic E-state index is -0.942. The highest BCUT2D eigenvalue weighted by Gasteiger charge is 2.40. The molecule has 0 radical (unpaired) electrons. The Bertz CT molecular complexity index is 1500. The summed E-state index contributed by atoms with van der Waals surface area (Å²) in [6.07, 6.45) is 3.00. The van der Waals surface area contributed by atoms with Gasteiger partial charge in [0, 0.05) is 28.4 Å². The summed E-state index contributed by atoms with van der Waals surface area (Å²) in [6.45, 7) is 10.5. The van der Waals surface area contributed by atoms with Gasteiger partial charge < -0.3 is 19.5 Å². The van der Waals surface area contributed by atoms with E-state index in [0.29, 0.717) is 18.4 Å². The maximum atomic E-state index is 16.1. The number of rotatable bonds is 6. The average molecular weight is 619 g/mol. The molecule has 1 amide bonds. The van der Waals surface area contributed by atoms with Crippen molar-refractivity contribution in [1.82, 2.24) is 9.88 Å². The highest BCUT2D eigenvalue weighted by Crippen LogP contribution is 2.41. The van der Waals surface area contributed by atoms with Crippen LogP contribution >= 0.6 is 11.6 Å². The van der Waals surface area contributed by atoms with Crippen molar-refractivity contribution in [3.8, 4) is 11.1 Å². The summed E-state index contributed by atoms with van der Waals surface area (Å²) >= 11 is 6.27. The predicted molar refractivity (Wildman–Crippen MR) is 160 cm³/mol. The number of carbonyl (C=O) groups is 3. The van der Waals surface area contributed by atoms with Crippen LogP contribution in [0.2, 0.25) is 5.02 Å². The van der Waals surface area contributed by atoms with E-state index in [0.717, 1.165) is 18.9 Å². The summed E-state index contributed by atoms with van der Waals surface area (Å²) in [5.41, 5.74) is -2.11. The molecule has 1 N–H and O–H groups in total. The third-order valence-corrected chi connectivity index (χ3v) is 7.99. The van der Waals surface area contributed by atoms with Crippen molar-refractivity contribution in [2.45, 2.75) is 109 Å². The first kappa shape index (κ1) is 32.5. The van der Waals surface area contributed by atoms with Crippen LogP contribution in [0.4, 0.5) is 9.18 Å². The number of nitrogens with one attached hydrogen (secondary N) is 1. The number of hydrogen-bond acceptors (Lipinski definition) is 7. The fourth-order valence-corrected chi connectivity index (χ4v) is 6.25. The van der Waals surface area contributed by atoms with Crippen LogP contribution in [0, 0.1) is 5.82 Å². The van der Waals surface area contributed by atoms with Crippen LogP contribution in [-0.4, -0.2) is 46.4 Å². The number of alkyl carbamates (subject to hydrolysis) is 1. The molecule has 1 aliphatic carbocycles. The average Bonchev–Trinajstić information content (AvgIpc) is 3.52. The van der Waals surface area contributed by atoms with Gasteiger partial charge in [-0.05, 0) is 85.3 Å². The van der Waals surface area contributed by atoms with E-state index in [1.807, 2.05) is 0 Å². The van der Waals surface area contributed by atoms with Gasteiger partial charge in [-0.15, -0.1) is 0 Å². The number of hydrogen-bond donors (Lipinski definition) is 1. The Hall–Kier alpha value is -3.40. The lowest BCUT2D eigenvalue weighted by Gasteiger charge is -2.33. The van der Waals surface area contributed by atoms with Crippen LogP contribution in [0.5, 0.6) is 0 Å². The zero-order valence-corrected chi connectivity index (χ0v) is 26.6. The molecule has 2 aromatic rings. The van der Waals surface area contributed by atoms with Gasteiger partial charge in [-0.25, -0.2) is 18.8 Å². The van der Waals surface area contributed by atoms with Crippen molar-refractivity contribution >= 4 is 29.6 Å². The summed E-state index contributed by atoms with van der Waals surface area (Å²) in [5, 5.41) is 2.83. The van der Waals surface area contributed by atoms with Crippen molar-refractivity contribution in [1.29, 1.82) is 0 Å². The lowest BCUT2D eigenvalue weighted by molar-refractivity contribution is -0.158. The molecule has 0 saturated heterocycles. The Morgan fingerprint density at radius 3 is 2.28 bits per heavy atom. The Kier molecular flexibility index (Phi) is 9.03. The number of benzene rings is 1.